The maximum Gasteiger partial charge on any atom is 0.247 e. The van der Waals surface area contributed by atoms with Gasteiger partial charge in [0.15, 0.2) is 11.9 Å². The second kappa shape index (κ2) is 47.5. The van der Waals surface area contributed by atoms with Crippen LogP contribution >= 0.6 is 26.9 Å². The van der Waals surface area contributed by atoms with E-state index in [2.05, 4.69) is 207 Å². The van der Waals surface area contributed by atoms with E-state index in [1.807, 2.05) is 0 Å². The Kier molecular flexibility index (Phi) is 39.3. The third kappa shape index (κ3) is 29.1. The van der Waals surface area contributed by atoms with E-state index in [1.165, 1.54) is 236 Å². The Labute approximate surface area is 644 Å². The Morgan fingerprint density at radius 3 is 0.971 bits per heavy atom. The highest BCUT2D eigenvalue weighted by molar-refractivity contribution is 7.75. The minimum Gasteiger partial charge on any atom is -1.00 e. The summed E-state index contributed by atoms with van der Waals surface area (Å²) in [6.45, 7) is 14.0. The SMILES string of the molecule is CCCC[P+](CCCC)(CCCC)Cc1ccc(NC(=O)[C@@H](Cc2ccc3ccccc3c2)NC(=NC2CCCCC2)NC2CCCCC2)cc1.CCCC[P+](CCCC)(CCCC)Cc1ccc(NC(=O)[C@@H](Cc2ccc3ccccc3c2)NC(=NC2CCCCC2)NC2CCCCC2)cc1.Cl.[Cl-]. The molecule has 4 fully saturated rings. The first-order valence-corrected chi connectivity index (χ1v) is 46.7. The summed E-state index contributed by atoms with van der Waals surface area (Å²) in [5.74, 6) is 1.62. The zero-order valence-corrected chi connectivity index (χ0v) is 68.6. The molecular formula is C90H137Cl2N8O2P2+. The molecule has 2 amide bonds. The molecule has 0 aromatic heterocycles. The number of halogens is 2. The van der Waals surface area contributed by atoms with Gasteiger partial charge in [0.05, 0.1) is 61.4 Å². The number of rotatable bonds is 36. The standard InChI is InChI=1S/2C45H67N4OP.2ClH/c2*1-4-7-30-51(31-8-5-2,32-9-6-3)35-36-25-28-42(29-26-36)46-44(50)43(34-37-24-27-38-18-16-17-19-39(38)33-37)49-45(47-40-20-12-10-13-21-40)48-41-22-14-11-15-23-41;;/h2*16-19,24-29,33,40-41,43H,4-15,20-23,30-32,34-35H2,1-3H3,(H2-,46,47,48,49,50);2*1H/p+1/t2*43-;;/m11../s1. The average molecular weight is 1500 g/mol. The molecule has 6 N–H and O–H groups in total. The van der Waals surface area contributed by atoms with Crippen LogP contribution < -0.4 is 44.3 Å². The lowest BCUT2D eigenvalue weighted by Gasteiger charge is -2.29. The quantitative estimate of drug-likeness (QED) is 0.0132. The number of guanidine groups is 2. The molecular weight excluding hydrogens is 1360 g/mol. The Balaban J connectivity index is 0.000000285. The molecule has 0 radical (unpaired) electrons. The summed E-state index contributed by atoms with van der Waals surface area (Å²) in [5.41, 5.74) is 6.93. The molecule has 0 saturated heterocycles. The van der Waals surface area contributed by atoms with Gasteiger partial charge >= 0.3 is 0 Å². The predicted molar refractivity (Wildman–Crippen MR) is 455 cm³/mol. The van der Waals surface area contributed by atoms with Gasteiger partial charge < -0.3 is 44.3 Å². The first-order valence-electron chi connectivity index (χ1n) is 41.6. The van der Waals surface area contributed by atoms with Crippen LogP contribution in [0.4, 0.5) is 11.4 Å². The molecule has 6 aromatic rings. The fraction of sp³-hybridized carbons (Fsp3) is 0.600. The van der Waals surface area contributed by atoms with Crippen LogP contribution in [0.3, 0.4) is 0 Å². The Bertz CT molecular complexity index is 3180. The Morgan fingerprint density at radius 1 is 0.375 bits per heavy atom. The van der Waals surface area contributed by atoms with Crippen molar-refractivity contribution in [1.82, 2.24) is 21.3 Å². The van der Waals surface area contributed by atoms with E-state index in [1.54, 1.807) is 0 Å². The van der Waals surface area contributed by atoms with Gasteiger partial charge in [-0.1, -0.05) is 266 Å². The number of carbonyl (C=O) groups excluding carboxylic acids is 2. The van der Waals surface area contributed by atoms with E-state index in [0.717, 1.165) is 85.8 Å². The van der Waals surface area contributed by atoms with Crippen LogP contribution in [0.25, 0.3) is 21.5 Å². The number of nitrogens with zero attached hydrogens (tertiary/aromatic N) is 2. The van der Waals surface area contributed by atoms with Gasteiger partial charge in [0.2, 0.25) is 11.8 Å². The summed E-state index contributed by atoms with van der Waals surface area (Å²) in [7, 11) is -2.09. The Morgan fingerprint density at radius 2 is 0.663 bits per heavy atom. The van der Waals surface area contributed by atoms with Crippen molar-refractivity contribution < 1.29 is 22.0 Å². The highest BCUT2D eigenvalue weighted by Crippen LogP contribution is 2.64. The first-order chi connectivity index (χ1) is 50.0. The fourth-order valence-corrected chi connectivity index (χ4v) is 26.8. The summed E-state index contributed by atoms with van der Waals surface area (Å²) < 4.78 is 0. The molecule has 2 atom stereocenters. The van der Waals surface area contributed by atoms with Crippen LogP contribution in [0.2, 0.25) is 0 Å². The van der Waals surface area contributed by atoms with Crippen molar-refractivity contribution in [2.45, 2.75) is 308 Å². The fourth-order valence-electron chi connectivity index (χ4n) is 16.6. The smallest absolute Gasteiger partial charge is 0.247 e. The Hall–Kier alpha value is -5.24. The summed E-state index contributed by atoms with van der Waals surface area (Å²) >= 11 is 0. The van der Waals surface area contributed by atoms with Crippen molar-refractivity contribution >= 4 is 83.6 Å². The summed E-state index contributed by atoms with van der Waals surface area (Å²) in [5, 5.41) is 26.5. The van der Waals surface area contributed by atoms with Crippen LogP contribution in [0, 0.1) is 0 Å². The van der Waals surface area contributed by atoms with E-state index in [9.17, 15) is 9.59 Å². The van der Waals surface area contributed by atoms with E-state index in [-0.39, 0.29) is 36.6 Å². The zero-order valence-electron chi connectivity index (χ0n) is 65.3. The van der Waals surface area contributed by atoms with Crippen molar-refractivity contribution in [3.05, 3.63) is 156 Å². The molecule has 14 heteroatoms. The second-order valence-electron chi connectivity index (χ2n) is 31.5. The zero-order chi connectivity index (χ0) is 71.5. The van der Waals surface area contributed by atoms with Crippen LogP contribution in [0.1, 0.15) is 269 Å². The number of carbonyl (C=O) groups is 2. The molecule has 10 rings (SSSR count). The van der Waals surface area contributed by atoms with Gasteiger partial charge in [-0.25, -0.2) is 9.98 Å². The molecule has 4 aliphatic rings. The summed E-state index contributed by atoms with van der Waals surface area (Å²) in [6, 6.07) is 48.4. The molecule has 0 unspecified atom stereocenters. The predicted octanol–water partition coefficient (Wildman–Crippen LogP) is 20.4. The van der Waals surface area contributed by atoms with Gasteiger partial charge in [0.1, 0.15) is 12.1 Å². The van der Waals surface area contributed by atoms with Crippen LogP contribution in [-0.2, 0) is 34.8 Å². The number of benzene rings is 6. The number of hydrogen-bond donors (Lipinski definition) is 6. The van der Waals surface area contributed by atoms with E-state index in [4.69, 9.17) is 9.98 Å². The van der Waals surface area contributed by atoms with Crippen molar-refractivity contribution in [3.8, 4) is 0 Å². The highest BCUT2D eigenvalue weighted by Gasteiger charge is 2.38. The van der Waals surface area contributed by atoms with Gasteiger partial charge in [-0.2, -0.15) is 0 Å². The lowest BCUT2D eigenvalue weighted by atomic mass is 9.95. The number of hydrogen-bond acceptors (Lipinski definition) is 4. The van der Waals surface area contributed by atoms with Crippen molar-refractivity contribution in [2.75, 3.05) is 47.6 Å². The van der Waals surface area contributed by atoms with E-state index < -0.39 is 26.6 Å². The van der Waals surface area contributed by atoms with Crippen molar-refractivity contribution in [1.29, 1.82) is 0 Å². The normalized spacial score (nSPS) is 16.6. The van der Waals surface area contributed by atoms with Gasteiger partial charge in [-0.3, -0.25) is 9.59 Å². The third-order valence-corrected chi connectivity index (χ3v) is 32.5. The lowest BCUT2D eigenvalue weighted by Crippen LogP contribution is -3.00. The maximum atomic E-state index is 14.3. The molecule has 0 aliphatic heterocycles. The number of anilines is 2. The molecule has 0 heterocycles. The molecule has 572 valence electrons. The molecule has 4 saturated carbocycles. The number of nitrogens with one attached hydrogen (secondary N) is 6. The average Bonchev–Trinajstić information content (AvgIpc) is 0.833. The topological polar surface area (TPSA) is 131 Å². The van der Waals surface area contributed by atoms with Crippen molar-refractivity contribution in [2.24, 2.45) is 9.98 Å². The number of unbranched alkanes of at least 4 members (excludes halogenated alkanes) is 6. The van der Waals surface area contributed by atoms with Gasteiger partial charge in [-0.05, 0) is 158 Å². The van der Waals surface area contributed by atoms with Crippen molar-refractivity contribution in [3.63, 3.8) is 0 Å². The highest BCUT2D eigenvalue weighted by atomic mass is 35.5. The van der Waals surface area contributed by atoms with Crippen LogP contribution in [0.15, 0.2) is 143 Å². The number of amides is 2. The molecule has 0 spiro atoms. The molecule has 4 aliphatic carbocycles. The van der Waals surface area contributed by atoms with Gasteiger partial charge in [0, 0.05) is 50.8 Å². The minimum atomic E-state index is -1.05. The number of aliphatic imine (C=N–C) groups is 2. The number of fused-ring (bicyclic) bond motifs is 2. The first kappa shape index (κ1) is 86.0. The largest absolute Gasteiger partial charge is 1.00 e. The maximum absolute atomic E-state index is 14.3. The summed E-state index contributed by atoms with van der Waals surface area (Å²) in [4.78, 5) is 39.2. The van der Waals surface area contributed by atoms with Crippen LogP contribution in [0.5, 0.6) is 0 Å². The minimum absolute atomic E-state index is 0. The molecule has 104 heavy (non-hydrogen) atoms. The third-order valence-electron chi connectivity index (χ3n) is 22.8. The van der Waals surface area contributed by atoms with Gasteiger partial charge in [-0.15, -0.1) is 12.4 Å². The van der Waals surface area contributed by atoms with E-state index in [0.29, 0.717) is 37.0 Å². The van der Waals surface area contributed by atoms with Crippen LogP contribution in [-0.4, -0.2) is 97.0 Å². The van der Waals surface area contributed by atoms with E-state index >= 15 is 0 Å². The lowest BCUT2D eigenvalue weighted by molar-refractivity contribution is -0.118. The van der Waals surface area contributed by atoms with Gasteiger partial charge in [0.25, 0.3) is 0 Å². The molecule has 0 bridgehead atoms. The monoisotopic (exact) mass is 1490 g/mol. The summed E-state index contributed by atoms with van der Waals surface area (Å²) in [6.07, 6.45) is 52.3. The molecule has 10 nitrogen and oxygen atoms in total. The molecule has 6 aromatic carbocycles. The second-order valence-corrected chi connectivity index (χ2v) is 40.2.